The lowest BCUT2D eigenvalue weighted by molar-refractivity contribution is 0.100. The highest BCUT2D eigenvalue weighted by molar-refractivity contribution is 5.93. The van der Waals surface area contributed by atoms with Gasteiger partial charge in [0.2, 0.25) is 5.91 Å². The fraction of sp³-hybridized carbons (Fsp3) is 0.381. The predicted octanol–water partition coefficient (Wildman–Crippen LogP) is 2.16. The molecule has 6 heteroatoms. The first kappa shape index (κ1) is 17.5. The van der Waals surface area contributed by atoms with Crippen LogP contribution in [0.25, 0.3) is 11.1 Å². The molecule has 2 aromatic rings. The van der Waals surface area contributed by atoms with E-state index in [1.807, 2.05) is 12.1 Å². The molecule has 5 N–H and O–H groups in total. The van der Waals surface area contributed by atoms with Crippen molar-refractivity contribution in [3.63, 3.8) is 0 Å². The van der Waals surface area contributed by atoms with E-state index in [0.29, 0.717) is 11.1 Å². The van der Waals surface area contributed by atoms with Gasteiger partial charge in [0.15, 0.2) is 0 Å². The minimum Gasteiger partial charge on any atom is -0.383 e. The highest BCUT2D eigenvalue weighted by atomic mass is 16.1. The Morgan fingerprint density at radius 1 is 1.19 bits per heavy atom. The summed E-state index contributed by atoms with van der Waals surface area (Å²) in [6, 6.07) is 9.34. The van der Waals surface area contributed by atoms with Crippen molar-refractivity contribution in [2.45, 2.75) is 32.1 Å². The number of piperidine rings is 1. The zero-order valence-corrected chi connectivity index (χ0v) is 15.2. The molecule has 0 bridgehead atoms. The van der Waals surface area contributed by atoms with Crippen molar-refractivity contribution in [2.24, 2.45) is 11.1 Å². The summed E-state index contributed by atoms with van der Waals surface area (Å²) in [5, 5.41) is 13.2. The number of amides is 1. The average Bonchev–Trinajstić information content (AvgIpc) is 2.68. The number of anilines is 1. The third kappa shape index (κ3) is 3.04. The normalized spacial score (nSPS) is 17.9. The molecule has 138 valence electrons. The van der Waals surface area contributed by atoms with Crippen molar-refractivity contribution < 1.29 is 4.79 Å². The van der Waals surface area contributed by atoms with Crippen LogP contribution in [0.3, 0.4) is 0 Å². The lowest BCUT2D eigenvalue weighted by atomic mass is 9.66. The van der Waals surface area contributed by atoms with Gasteiger partial charge in [-0.05, 0) is 73.9 Å². The molecule has 27 heavy (non-hydrogen) atoms. The van der Waals surface area contributed by atoms with E-state index in [1.165, 1.54) is 0 Å². The summed E-state index contributed by atoms with van der Waals surface area (Å²) in [6.07, 6.45) is 5.19. The number of carbonyl (C=O) groups is 1. The Hall–Kier alpha value is -2.91. The molecule has 1 aliphatic heterocycles. The Labute approximate surface area is 158 Å². The number of nitrogens with one attached hydrogen (secondary N) is 1. The van der Waals surface area contributed by atoms with E-state index in [-0.39, 0.29) is 11.2 Å². The molecule has 1 amide bonds. The number of fused-ring (bicyclic) bond motifs is 1. The van der Waals surface area contributed by atoms with Gasteiger partial charge in [0, 0.05) is 16.8 Å². The summed E-state index contributed by atoms with van der Waals surface area (Å²) >= 11 is 0. The van der Waals surface area contributed by atoms with Gasteiger partial charge in [0.05, 0.1) is 0 Å². The van der Waals surface area contributed by atoms with Crippen LogP contribution in [0.2, 0.25) is 0 Å². The molecule has 2 aliphatic rings. The van der Waals surface area contributed by atoms with Crippen LogP contribution in [0, 0.1) is 16.7 Å². The van der Waals surface area contributed by atoms with Gasteiger partial charge in [-0.3, -0.25) is 4.79 Å². The molecule has 2 heterocycles. The van der Waals surface area contributed by atoms with Gasteiger partial charge in [0.25, 0.3) is 0 Å². The Morgan fingerprint density at radius 3 is 2.52 bits per heavy atom. The molecule has 4 rings (SSSR count). The molecule has 1 aromatic heterocycles. The number of aryl methyl sites for hydroxylation is 1. The smallest absolute Gasteiger partial charge is 0.248 e. The van der Waals surface area contributed by atoms with Crippen LogP contribution in [-0.2, 0) is 12.8 Å². The number of pyridine rings is 1. The maximum atomic E-state index is 11.4. The zero-order chi connectivity index (χ0) is 19.0. The molecule has 0 saturated carbocycles. The molecule has 0 radical (unpaired) electrons. The highest BCUT2D eigenvalue weighted by Gasteiger charge is 2.38. The maximum Gasteiger partial charge on any atom is 0.248 e. The van der Waals surface area contributed by atoms with Crippen LogP contribution in [0.4, 0.5) is 5.82 Å². The monoisotopic (exact) mass is 361 g/mol. The first-order valence-electron chi connectivity index (χ1n) is 9.35. The molecule has 1 aromatic carbocycles. The first-order chi connectivity index (χ1) is 13.0. The van der Waals surface area contributed by atoms with Crippen molar-refractivity contribution in [1.82, 2.24) is 10.3 Å². The molecule has 0 atom stereocenters. The van der Waals surface area contributed by atoms with E-state index < -0.39 is 5.91 Å². The van der Waals surface area contributed by atoms with Crippen LogP contribution in [0.15, 0.2) is 24.3 Å². The molecule has 6 nitrogen and oxygen atoms in total. The average molecular weight is 361 g/mol. The molecular formula is C21H23N5O. The number of hydrogen-bond acceptors (Lipinski definition) is 5. The van der Waals surface area contributed by atoms with Crippen molar-refractivity contribution in [2.75, 3.05) is 18.8 Å². The quantitative estimate of drug-likeness (QED) is 0.757. The summed E-state index contributed by atoms with van der Waals surface area (Å²) in [5.74, 6) is -0.182. The van der Waals surface area contributed by atoms with E-state index in [4.69, 9.17) is 11.5 Å². The molecule has 1 fully saturated rings. The van der Waals surface area contributed by atoms with Crippen molar-refractivity contribution in [3.8, 4) is 17.2 Å². The fourth-order valence-corrected chi connectivity index (χ4v) is 4.55. The number of nitrogens with zero attached hydrogens (tertiary/aromatic N) is 2. The summed E-state index contributed by atoms with van der Waals surface area (Å²) in [7, 11) is 0. The molecule has 1 aliphatic carbocycles. The number of carbonyl (C=O) groups excluding carboxylic acids is 1. The first-order valence-corrected chi connectivity index (χ1v) is 9.35. The Balaban J connectivity index is 1.86. The van der Waals surface area contributed by atoms with Crippen LogP contribution in [0.1, 0.15) is 46.4 Å². The Morgan fingerprint density at radius 2 is 1.89 bits per heavy atom. The van der Waals surface area contributed by atoms with E-state index in [0.717, 1.165) is 67.6 Å². The minimum absolute atomic E-state index is 0.269. The van der Waals surface area contributed by atoms with Gasteiger partial charge in [-0.2, -0.15) is 5.26 Å². The van der Waals surface area contributed by atoms with Crippen LogP contribution < -0.4 is 16.8 Å². The number of rotatable bonds is 2. The zero-order valence-electron chi connectivity index (χ0n) is 15.2. The number of primary amides is 1. The SMILES string of the molecule is N#Cc1c(N)nc2c(c1-c1ccc(C(N)=O)cc1)CC1(CCNCC1)CC2. The van der Waals surface area contributed by atoms with E-state index in [9.17, 15) is 10.1 Å². The number of hydrogen-bond donors (Lipinski definition) is 3. The molecule has 1 spiro atoms. The number of nitriles is 1. The second-order valence-corrected chi connectivity index (χ2v) is 7.65. The van der Waals surface area contributed by atoms with Gasteiger partial charge in [-0.25, -0.2) is 4.98 Å². The third-order valence-corrected chi connectivity index (χ3v) is 6.09. The van der Waals surface area contributed by atoms with Crippen molar-refractivity contribution in [1.29, 1.82) is 5.26 Å². The summed E-state index contributed by atoms with van der Waals surface area (Å²) < 4.78 is 0. The fourth-order valence-electron chi connectivity index (χ4n) is 4.55. The predicted molar refractivity (Wildman–Crippen MR) is 104 cm³/mol. The Bertz CT molecular complexity index is 937. The number of nitrogens with two attached hydrogens (primary N) is 2. The Kier molecular flexibility index (Phi) is 4.33. The summed E-state index contributed by atoms with van der Waals surface area (Å²) in [4.78, 5) is 16.0. The molecule has 0 unspecified atom stereocenters. The maximum absolute atomic E-state index is 11.4. The summed E-state index contributed by atoms with van der Waals surface area (Å²) in [5.41, 5.74) is 16.5. The van der Waals surface area contributed by atoms with Crippen LogP contribution in [0.5, 0.6) is 0 Å². The van der Waals surface area contributed by atoms with Gasteiger partial charge in [-0.1, -0.05) is 12.1 Å². The standard InChI is InChI=1S/C21H23N5O/c22-12-16-18(13-1-3-14(4-2-13)20(24)27)15-11-21(7-9-25-10-8-21)6-5-17(15)26-19(16)23/h1-4,25H,5-11H2,(H2,23,26)(H2,24,27). The topological polar surface area (TPSA) is 118 Å². The molecular weight excluding hydrogens is 338 g/mol. The largest absolute Gasteiger partial charge is 0.383 e. The van der Waals surface area contributed by atoms with Crippen LogP contribution in [-0.4, -0.2) is 24.0 Å². The third-order valence-electron chi connectivity index (χ3n) is 6.09. The van der Waals surface area contributed by atoms with E-state index in [2.05, 4.69) is 16.4 Å². The van der Waals surface area contributed by atoms with Gasteiger partial charge >= 0.3 is 0 Å². The van der Waals surface area contributed by atoms with Crippen LogP contribution >= 0.6 is 0 Å². The summed E-state index contributed by atoms with van der Waals surface area (Å²) in [6.45, 7) is 2.07. The van der Waals surface area contributed by atoms with Crippen molar-refractivity contribution >= 4 is 11.7 Å². The number of benzene rings is 1. The number of nitrogen functional groups attached to an aromatic ring is 1. The van der Waals surface area contributed by atoms with E-state index >= 15 is 0 Å². The lowest BCUT2D eigenvalue weighted by Gasteiger charge is -2.42. The second-order valence-electron chi connectivity index (χ2n) is 7.65. The van der Waals surface area contributed by atoms with Gasteiger partial charge < -0.3 is 16.8 Å². The molecule has 1 saturated heterocycles. The van der Waals surface area contributed by atoms with Crippen molar-refractivity contribution in [3.05, 3.63) is 46.6 Å². The second kappa shape index (κ2) is 6.67. The van der Waals surface area contributed by atoms with Gasteiger partial charge in [0.1, 0.15) is 17.5 Å². The minimum atomic E-state index is -0.466. The highest BCUT2D eigenvalue weighted by Crippen LogP contribution is 2.46. The number of aromatic nitrogens is 1. The van der Waals surface area contributed by atoms with E-state index in [1.54, 1.807) is 12.1 Å². The lowest BCUT2D eigenvalue weighted by Crippen LogP contribution is -2.40. The van der Waals surface area contributed by atoms with Gasteiger partial charge in [-0.15, -0.1) is 0 Å².